The van der Waals surface area contributed by atoms with Gasteiger partial charge in [0.25, 0.3) is 0 Å². The van der Waals surface area contributed by atoms with E-state index in [0.717, 1.165) is 11.3 Å². The van der Waals surface area contributed by atoms with Gasteiger partial charge in [-0.1, -0.05) is 43.0 Å². The fourth-order valence-electron chi connectivity index (χ4n) is 1.35. The Balaban J connectivity index is 2.85. The van der Waals surface area contributed by atoms with Gasteiger partial charge in [-0.2, -0.15) is 0 Å². The molecule has 0 unspecified atom stereocenters. The van der Waals surface area contributed by atoms with Crippen LogP contribution in [0.4, 0.5) is 0 Å². The minimum absolute atomic E-state index is 0.218. The van der Waals surface area contributed by atoms with E-state index in [4.69, 9.17) is 10.5 Å². The molecular weight excluding hydrogens is 186 g/mol. The maximum atomic E-state index is 6.07. The SMILES string of the molecule is C=C/C=C(/OCC)[C@H](N)c1ccccc1. The molecule has 0 radical (unpaired) electrons. The van der Waals surface area contributed by atoms with Crippen molar-refractivity contribution in [2.75, 3.05) is 6.61 Å². The molecule has 15 heavy (non-hydrogen) atoms. The molecule has 1 rings (SSSR count). The van der Waals surface area contributed by atoms with Crippen molar-refractivity contribution in [1.82, 2.24) is 0 Å². The molecule has 0 bridgehead atoms. The minimum Gasteiger partial charge on any atom is -0.496 e. The van der Waals surface area contributed by atoms with Crippen LogP contribution in [0.15, 0.2) is 54.8 Å². The molecule has 0 aromatic heterocycles. The van der Waals surface area contributed by atoms with Crippen molar-refractivity contribution >= 4 is 0 Å². The molecule has 0 spiro atoms. The summed E-state index contributed by atoms with van der Waals surface area (Å²) in [5.41, 5.74) is 7.11. The van der Waals surface area contributed by atoms with Crippen LogP contribution in [-0.2, 0) is 4.74 Å². The fraction of sp³-hybridized carbons (Fsp3) is 0.231. The molecule has 1 atom stereocenters. The minimum atomic E-state index is -0.218. The lowest BCUT2D eigenvalue weighted by Crippen LogP contribution is -2.15. The van der Waals surface area contributed by atoms with Crippen LogP contribution in [-0.4, -0.2) is 6.61 Å². The first kappa shape index (κ1) is 11.5. The molecule has 80 valence electrons. The van der Waals surface area contributed by atoms with Gasteiger partial charge in [0.05, 0.1) is 12.6 Å². The summed E-state index contributed by atoms with van der Waals surface area (Å²) in [6.45, 7) is 6.20. The Morgan fingerprint density at radius 2 is 2.13 bits per heavy atom. The van der Waals surface area contributed by atoms with Gasteiger partial charge in [-0.25, -0.2) is 0 Å². The Labute approximate surface area is 91.1 Å². The van der Waals surface area contributed by atoms with Crippen LogP contribution in [0.3, 0.4) is 0 Å². The van der Waals surface area contributed by atoms with Crippen molar-refractivity contribution < 1.29 is 4.74 Å². The molecule has 1 aromatic carbocycles. The van der Waals surface area contributed by atoms with Crippen LogP contribution in [0.5, 0.6) is 0 Å². The Hall–Kier alpha value is -1.54. The second-order valence-electron chi connectivity index (χ2n) is 3.13. The molecule has 2 nitrogen and oxygen atoms in total. The third-order valence-electron chi connectivity index (χ3n) is 2.06. The first-order valence-electron chi connectivity index (χ1n) is 5.05. The lowest BCUT2D eigenvalue weighted by atomic mass is 10.1. The van der Waals surface area contributed by atoms with Crippen LogP contribution in [0.25, 0.3) is 0 Å². The van der Waals surface area contributed by atoms with Crippen LogP contribution < -0.4 is 5.73 Å². The predicted molar refractivity (Wildman–Crippen MR) is 63.3 cm³/mol. The molecule has 1 aromatic rings. The van der Waals surface area contributed by atoms with E-state index in [-0.39, 0.29) is 6.04 Å². The van der Waals surface area contributed by atoms with Crippen LogP contribution >= 0.6 is 0 Å². The van der Waals surface area contributed by atoms with Gasteiger partial charge in [-0.05, 0) is 18.6 Å². The van der Waals surface area contributed by atoms with Gasteiger partial charge in [0.2, 0.25) is 0 Å². The van der Waals surface area contributed by atoms with Gasteiger partial charge < -0.3 is 10.5 Å². The Morgan fingerprint density at radius 1 is 1.47 bits per heavy atom. The highest BCUT2D eigenvalue weighted by atomic mass is 16.5. The molecule has 0 fully saturated rings. The lowest BCUT2D eigenvalue weighted by Gasteiger charge is -2.16. The summed E-state index contributed by atoms with van der Waals surface area (Å²) in [7, 11) is 0. The Kier molecular flexibility index (Phi) is 4.64. The smallest absolute Gasteiger partial charge is 0.117 e. The molecule has 2 N–H and O–H groups in total. The zero-order valence-electron chi connectivity index (χ0n) is 9.02. The van der Waals surface area contributed by atoms with Crippen LogP contribution in [0, 0.1) is 0 Å². The summed E-state index contributed by atoms with van der Waals surface area (Å²) in [5.74, 6) is 0.749. The highest BCUT2D eigenvalue weighted by Gasteiger charge is 2.11. The van der Waals surface area contributed by atoms with Gasteiger partial charge in [0.15, 0.2) is 0 Å². The van der Waals surface area contributed by atoms with Gasteiger partial charge in [-0.3, -0.25) is 0 Å². The number of nitrogens with two attached hydrogens (primary N) is 1. The van der Waals surface area contributed by atoms with Crippen LogP contribution in [0.1, 0.15) is 18.5 Å². The molecule has 0 aliphatic heterocycles. The first-order chi connectivity index (χ1) is 7.29. The van der Waals surface area contributed by atoms with E-state index >= 15 is 0 Å². The third-order valence-corrected chi connectivity index (χ3v) is 2.06. The number of ether oxygens (including phenoxy) is 1. The third kappa shape index (κ3) is 3.26. The van der Waals surface area contributed by atoms with Crippen molar-refractivity contribution in [1.29, 1.82) is 0 Å². The number of allylic oxidation sites excluding steroid dienone is 2. The standard InChI is InChI=1S/C13H17NO/c1-3-8-12(15-4-2)13(14)11-9-6-5-7-10-11/h3,5-10,13H,1,4,14H2,2H3/b12-8+/t13-/m1/s1. The van der Waals surface area contributed by atoms with Crippen molar-refractivity contribution in [2.45, 2.75) is 13.0 Å². The van der Waals surface area contributed by atoms with E-state index in [1.54, 1.807) is 12.2 Å². The summed E-state index contributed by atoms with van der Waals surface area (Å²) in [6, 6.07) is 9.65. The van der Waals surface area contributed by atoms with E-state index < -0.39 is 0 Å². The summed E-state index contributed by atoms with van der Waals surface area (Å²) in [5, 5.41) is 0. The molecule has 0 heterocycles. The lowest BCUT2D eigenvalue weighted by molar-refractivity contribution is 0.209. The van der Waals surface area contributed by atoms with E-state index in [9.17, 15) is 0 Å². The maximum absolute atomic E-state index is 6.07. The quantitative estimate of drug-likeness (QED) is 0.590. The monoisotopic (exact) mass is 203 g/mol. The molecule has 0 aliphatic carbocycles. The molecule has 2 heteroatoms. The number of benzene rings is 1. The number of rotatable bonds is 5. The molecule has 0 saturated heterocycles. The summed E-state index contributed by atoms with van der Waals surface area (Å²) in [6.07, 6.45) is 3.50. The average molecular weight is 203 g/mol. The van der Waals surface area contributed by atoms with Gasteiger partial charge >= 0.3 is 0 Å². The van der Waals surface area contributed by atoms with E-state index in [1.165, 1.54) is 0 Å². The first-order valence-corrected chi connectivity index (χ1v) is 5.05. The van der Waals surface area contributed by atoms with Crippen molar-refractivity contribution in [3.05, 3.63) is 60.4 Å². The number of hydrogen-bond donors (Lipinski definition) is 1. The molecule has 0 saturated carbocycles. The number of hydrogen-bond acceptors (Lipinski definition) is 2. The van der Waals surface area contributed by atoms with Crippen molar-refractivity contribution in [3.63, 3.8) is 0 Å². The van der Waals surface area contributed by atoms with E-state index in [0.29, 0.717) is 6.61 Å². The topological polar surface area (TPSA) is 35.2 Å². The van der Waals surface area contributed by atoms with E-state index in [2.05, 4.69) is 6.58 Å². The molecule has 0 aliphatic rings. The van der Waals surface area contributed by atoms with Gasteiger partial charge in [-0.15, -0.1) is 0 Å². The average Bonchev–Trinajstić information content (AvgIpc) is 2.29. The normalized spacial score (nSPS) is 13.3. The van der Waals surface area contributed by atoms with Gasteiger partial charge in [0.1, 0.15) is 5.76 Å². The molecule has 0 amide bonds. The van der Waals surface area contributed by atoms with Gasteiger partial charge in [0, 0.05) is 0 Å². The Bertz CT molecular complexity index is 330. The second-order valence-corrected chi connectivity index (χ2v) is 3.13. The van der Waals surface area contributed by atoms with Crippen LogP contribution in [0.2, 0.25) is 0 Å². The summed E-state index contributed by atoms with van der Waals surface area (Å²) >= 11 is 0. The van der Waals surface area contributed by atoms with Crippen molar-refractivity contribution in [2.24, 2.45) is 5.73 Å². The second kappa shape index (κ2) is 6.04. The highest BCUT2D eigenvalue weighted by Crippen LogP contribution is 2.19. The maximum Gasteiger partial charge on any atom is 0.117 e. The summed E-state index contributed by atoms with van der Waals surface area (Å²) < 4.78 is 5.46. The summed E-state index contributed by atoms with van der Waals surface area (Å²) in [4.78, 5) is 0. The van der Waals surface area contributed by atoms with E-state index in [1.807, 2.05) is 37.3 Å². The molecular formula is C13H17NO. The largest absolute Gasteiger partial charge is 0.496 e. The zero-order valence-corrected chi connectivity index (χ0v) is 9.02. The van der Waals surface area contributed by atoms with Crippen molar-refractivity contribution in [3.8, 4) is 0 Å². The zero-order chi connectivity index (χ0) is 11.1. The Morgan fingerprint density at radius 3 is 2.67 bits per heavy atom. The highest BCUT2D eigenvalue weighted by molar-refractivity contribution is 5.26. The predicted octanol–water partition coefficient (Wildman–Crippen LogP) is 2.79. The fourth-order valence-corrected chi connectivity index (χ4v) is 1.35.